The summed E-state index contributed by atoms with van der Waals surface area (Å²) in [6, 6.07) is 0.997. The molecule has 0 radical (unpaired) electrons. The van der Waals surface area contributed by atoms with Crippen LogP contribution in [-0.2, 0) is 10.0 Å². The summed E-state index contributed by atoms with van der Waals surface area (Å²) >= 11 is 0.739. The number of nitrogens with two attached hydrogens (primary N) is 1. The monoisotopic (exact) mass is 317 g/mol. The number of thiophene rings is 1. The highest BCUT2D eigenvalue weighted by atomic mass is 32.2. The number of hydrogen-bond acceptors (Lipinski definition) is 6. The predicted molar refractivity (Wildman–Crippen MR) is 74.9 cm³/mol. The van der Waals surface area contributed by atoms with Gasteiger partial charge in [0.15, 0.2) is 5.00 Å². The lowest BCUT2D eigenvalue weighted by atomic mass is 9.96. The fourth-order valence-corrected chi connectivity index (χ4v) is 5.84. The third kappa shape index (κ3) is 2.29. The van der Waals surface area contributed by atoms with E-state index in [1.807, 2.05) is 0 Å². The van der Waals surface area contributed by atoms with E-state index in [1.165, 1.54) is 6.42 Å². The second-order valence-electron chi connectivity index (χ2n) is 5.47. The largest absolute Gasteiger partial charge is 0.385 e. The zero-order valence-electron chi connectivity index (χ0n) is 10.6. The second-order valence-corrected chi connectivity index (χ2v) is 8.50. The lowest BCUT2D eigenvalue weighted by Gasteiger charge is -2.22. The van der Waals surface area contributed by atoms with E-state index in [-0.39, 0.29) is 20.9 Å². The number of nitrogens with one attached hydrogen (secondary N) is 1. The smallest absolute Gasteiger partial charge is 0.304 e. The first-order valence-corrected chi connectivity index (χ1v) is 8.73. The normalized spacial score (nSPS) is 28.9. The van der Waals surface area contributed by atoms with Crippen LogP contribution in [0.5, 0.6) is 0 Å². The Kier molecular flexibility index (Phi) is 3.22. The first kappa shape index (κ1) is 13.8. The zero-order chi connectivity index (χ0) is 14.5. The lowest BCUT2D eigenvalue weighted by molar-refractivity contribution is -0.383. The molecular formula is C11H15N3O4S2. The molecule has 2 bridgehead atoms. The van der Waals surface area contributed by atoms with Crippen LogP contribution in [0.15, 0.2) is 10.3 Å². The molecule has 2 saturated carbocycles. The van der Waals surface area contributed by atoms with Crippen LogP contribution in [-0.4, -0.2) is 19.4 Å². The van der Waals surface area contributed by atoms with Gasteiger partial charge in [0, 0.05) is 12.1 Å². The quantitative estimate of drug-likeness (QED) is 0.648. The number of nitrogen functional groups attached to an aromatic ring is 1. The standard InChI is InChI=1S/C11H15N3O4S2/c12-11-9(14(15)16)5-10(19-11)20(17,18)13-8-4-6-1-2-7(8)3-6/h5-8,13H,1-4,12H2. The topological polar surface area (TPSA) is 115 Å². The Labute approximate surface area is 120 Å². The number of rotatable bonds is 4. The second kappa shape index (κ2) is 4.68. The molecule has 20 heavy (non-hydrogen) atoms. The first-order chi connectivity index (χ1) is 9.37. The van der Waals surface area contributed by atoms with E-state index < -0.39 is 14.9 Å². The van der Waals surface area contributed by atoms with E-state index >= 15 is 0 Å². The van der Waals surface area contributed by atoms with Gasteiger partial charge in [-0.1, -0.05) is 17.8 Å². The van der Waals surface area contributed by atoms with Crippen LogP contribution in [0, 0.1) is 22.0 Å². The third-order valence-corrected chi connectivity index (χ3v) is 7.14. The molecule has 0 saturated heterocycles. The Bertz CT molecular complexity index is 655. The number of fused-ring (bicyclic) bond motifs is 2. The van der Waals surface area contributed by atoms with Crippen molar-refractivity contribution < 1.29 is 13.3 Å². The number of anilines is 1. The van der Waals surface area contributed by atoms with Gasteiger partial charge in [0.25, 0.3) is 10.0 Å². The molecule has 3 unspecified atom stereocenters. The summed E-state index contributed by atoms with van der Waals surface area (Å²) in [6.45, 7) is 0. The molecule has 0 amide bonds. The van der Waals surface area contributed by atoms with Crippen molar-refractivity contribution in [2.45, 2.75) is 35.9 Å². The van der Waals surface area contributed by atoms with Crippen LogP contribution in [0.3, 0.4) is 0 Å². The molecule has 110 valence electrons. The number of hydrogen-bond donors (Lipinski definition) is 2. The molecule has 3 N–H and O–H groups in total. The molecular weight excluding hydrogens is 302 g/mol. The Hall–Kier alpha value is -1.19. The summed E-state index contributed by atoms with van der Waals surface area (Å²) in [5.74, 6) is 1.03. The summed E-state index contributed by atoms with van der Waals surface area (Å²) < 4.78 is 27.2. The average Bonchev–Trinajstić information content (AvgIpc) is 3.02. The maximum absolute atomic E-state index is 12.3. The number of nitro groups is 1. The molecule has 2 fully saturated rings. The Balaban J connectivity index is 1.81. The van der Waals surface area contributed by atoms with Gasteiger partial charge in [0.2, 0.25) is 0 Å². The molecule has 1 aromatic rings. The predicted octanol–water partition coefficient (Wildman–Crippen LogP) is 1.71. The highest BCUT2D eigenvalue weighted by Gasteiger charge is 2.41. The van der Waals surface area contributed by atoms with Crippen LogP contribution in [0.25, 0.3) is 0 Å². The van der Waals surface area contributed by atoms with Crippen molar-refractivity contribution in [1.29, 1.82) is 0 Å². The minimum Gasteiger partial charge on any atom is -0.385 e. The zero-order valence-corrected chi connectivity index (χ0v) is 12.2. The highest BCUT2D eigenvalue weighted by Crippen LogP contribution is 2.45. The fourth-order valence-electron chi connectivity index (χ4n) is 3.29. The minimum absolute atomic E-state index is 0.0406. The molecule has 1 heterocycles. The molecule has 9 heteroatoms. The van der Waals surface area contributed by atoms with Crippen molar-refractivity contribution in [3.8, 4) is 0 Å². The van der Waals surface area contributed by atoms with Gasteiger partial charge in [-0.2, -0.15) is 0 Å². The lowest BCUT2D eigenvalue weighted by Crippen LogP contribution is -2.38. The molecule has 2 aliphatic rings. The van der Waals surface area contributed by atoms with E-state index in [4.69, 9.17) is 5.73 Å². The van der Waals surface area contributed by atoms with Crippen molar-refractivity contribution in [2.75, 3.05) is 5.73 Å². The van der Waals surface area contributed by atoms with Gasteiger partial charge in [-0.05, 0) is 31.1 Å². The first-order valence-electron chi connectivity index (χ1n) is 6.43. The van der Waals surface area contributed by atoms with Crippen LogP contribution >= 0.6 is 11.3 Å². The van der Waals surface area contributed by atoms with Crippen molar-refractivity contribution in [2.24, 2.45) is 11.8 Å². The van der Waals surface area contributed by atoms with Crippen LogP contribution in [0.4, 0.5) is 10.7 Å². The van der Waals surface area contributed by atoms with Crippen molar-refractivity contribution in [3.05, 3.63) is 16.2 Å². The third-order valence-electron chi connectivity index (χ3n) is 4.22. The maximum Gasteiger partial charge on any atom is 0.304 e. The molecule has 3 atom stereocenters. The van der Waals surface area contributed by atoms with E-state index in [1.54, 1.807) is 0 Å². The van der Waals surface area contributed by atoms with Crippen molar-refractivity contribution in [3.63, 3.8) is 0 Å². The number of nitrogens with zero attached hydrogens (tertiary/aromatic N) is 1. The number of sulfonamides is 1. The minimum atomic E-state index is -3.72. The molecule has 0 aromatic carbocycles. The Morgan fingerprint density at radius 1 is 1.40 bits per heavy atom. The molecule has 0 spiro atoms. The summed E-state index contributed by atoms with van der Waals surface area (Å²) in [5, 5.41) is 10.6. The summed E-state index contributed by atoms with van der Waals surface area (Å²) in [7, 11) is -3.72. The fraction of sp³-hybridized carbons (Fsp3) is 0.636. The van der Waals surface area contributed by atoms with E-state index in [9.17, 15) is 18.5 Å². The highest BCUT2D eigenvalue weighted by molar-refractivity contribution is 7.91. The van der Waals surface area contributed by atoms with E-state index in [2.05, 4.69) is 4.72 Å². The van der Waals surface area contributed by atoms with Gasteiger partial charge in [-0.25, -0.2) is 13.1 Å². The maximum atomic E-state index is 12.3. The molecule has 2 aliphatic carbocycles. The average molecular weight is 317 g/mol. The molecule has 0 aliphatic heterocycles. The Morgan fingerprint density at radius 2 is 2.15 bits per heavy atom. The Morgan fingerprint density at radius 3 is 2.65 bits per heavy atom. The summed E-state index contributed by atoms with van der Waals surface area (Å²) in [5.41, 5.74) is 5.15. The van der Waals surface area contributed by atoms with Gasteiger partial charge in [0.1, 0.15) is 4.21 Å². The van der Waals surface area contributed by atoms with Crippen molar-refractivity contribution >= 4 is 32.0 Å². The molecule has 3 rings (SSSR count). The van der Waals surface area contributed by atoms with Crippen LogP contribution < -0.4 is 10.5 Å². The van der Waals surface area contributed by atoms with Gasteiger partial charge in [-0.3, -0.25) is 10.1 Å². The van der Waals surface area contributed by atoms with Crippen molar-refractivity contribution in [1.82, 2.24) is 4.72 Å². The summed E-state index contributed by atoms with van der Waals surface area (Å²) in [4.78, 5) is 10.1. The SMILES string of the molecule is Nc1sc(S(=O)(=O)NC2CC3CCC2C3)cc1[N+](=O)[O-]. The van der Waals surface area contributed by atoms with Gasteiger partial charge in [-0.15, -0.1) is 0 Å². The van der Waals surface area contributed by atoms with Gasteiger partial charge in [0.05, 0.1) is 4.92 Å². The molecule has 7 nitrogen and oxygen atoms in total. The van der Waals surface area contributed by atoms with Crippen LogP contribution in [0.1, 0.15) is 25.7 Å². The van der Waals surface area contributed by atoms with Gasteiger partial charge < -0.3 is 5.73 Å². The van der Waals surface area contributed by atoms with E-state index in [0.717, 1.165) is 36.7 Å². The molecule has 1 aromatic heterocycles. The van der Waals surface area contributed by atoms with Gasteiger partial charge >= 0.3 is 5.69 Å². The van der Waals surface area contributed by atoms with E-state index in [0.29, 0.717) is 11.8 Å². The van der Waals surface area contributed by atoms with Crippen LogP contribution in [0.2, 0.25) is 0 Å². The summed E-state index contributed by atoms with van der Waals surface area (Å²) in [6.07, 6.45) is 4.19.